The molecule has 1 aromatic carbocycles. The number of benzene rings is 1. The molecule has 1 aromatic heterocycles. The zero-order valence-corrected chi connectivity index (χ0v) is 14.9. The van der Waals surface area contributed by atoms with E-state index in [0.29, 0.717) is 38.8 Å². The van der Waals surface area contributed by atoms with E-state index in [0.717, 1.165) is 17.7 Å². The Morgan fingerprint density at radius 1 is 1.35 bits per heavy atom. The fourth-order valence-corrected chi connectivity index (χ4v) is 3.59. The largest absolute Gasteiger partial charge is 0.493 e. The number of ether oxygens (including phenoxy) is 2. The average molecular weight is 356 g/mol. The van der Waals surface area contributed by atoms with E-state index in [1.165, 1.54) is 5.56 Å². The number of hydrogen-bond acceptors (Lipinski definition) is 4. The van der Waals surface area contributed by atoms with Crippen molar-refractivity contribution in [1.82, 2.24) is 20.0 Å². The molecule has 2 aliphatic rings. The molecule has 4 rings (SSSR count). The van der Waals surface area contributed by atoms with Crippen LogP contribution >= 0.6 is 0 Å². The number of nitrogens with zero attached hydrogens (tertiary/aromatic N) is 3. The van der Waals surface area contributed by atoms with Gasteiger partial charge in [-0.2, -0.15) is 5.10 Å². The topological polar surface area (TPSA) is 68.6 Å². The van der Waals surface area contributed by atoms with E-state index in [9.17, 15) is 4.79 Å². The zero-order valence-electron chi connectivity index (χ0n) is 14.9. The lowest BCUT2D eigenvalue weighted by atomic mass is 9.93. The lowest BCUT2D eigenvalue weighted by Crippen LogP contribution is -2.48. The molecular weight excluding hydrogens is 332 g/mol. The lowest BCUT2D eigenvalue weighted by molar-refractivity contribution is -0.0155. The molecular formula is C19H24N4O3. The zero-order chi connectivity index (χ0) is 17.9. The number of carbonyl (C=O) groups excluding carboxylic acids is 1. The molecule has 2 aromatic rings. The van der Waals surface area contributed by atoms with Crippen LogP contribution in [0.15, 0.2) is 36.7 Å². The molecule has 0 spiro atoms. The summed E-state index contributed by atoms with van der Waals surface area (Å²) in [6, 6.07) is 8.03. The molecule has 0 saturated carbocycles. The summed E-state index contributed by atoms with van der Waals surface area (Å²) in [6.07, 6.45) is 4.53. The minimum Gasteiger partial charge on any atom is -0.493 e. The number of nitrogens with one attached hydrogen (secondary N) is 1. The molecule has 2 aliphatic heterocycles. The molecule has 7 heteroatoms. The van der Waals surface area contributed by atoms with Crippen molar-refractivity contribution in [1.29, 1.82) is 0 Å². The van der Waals surface area contributed by atoms with E-state index >= 15 is 0 Å². The second kappa shape index (κ2) is 7.37. The number of para-hydroxylation sites is 1. The highest BCUT2D eigenvalue weighted by Gasteiger charge is 2.27. The van der Waals surface area contributed by atoms with Crippen molar-refractivity contribution in [2.45, 2.75) is 18.4 Å². The maximum Gasteiger partial charge on any atom is 0.317 e. The van der Waals surface area contributed by atoms with Gasteiger partial charge in [0, 0.05) is 37.8 Å². The Morgan fingerprint density at radius 3 is 3.08 bits per heavy atom. The fraction of sp³-hybridized carbons (Fsp3) is 0.474. The van der Waals surface area contributed by atoms with Crippen LogP contribution in [0.5, 0.6) is 5.75 Å². The summed E-state index contributed by atoms with van der Waals surface area (Å²) in [6.45, 7) is 2.99. The van der Waals surface area contributed by atoms with Crippen LogP contribution in [0, 0.1) is 0 Å². The van der Waals surface area contributed by atoms with Gasteiger partial charge in [0.1, 0.15) is 11.9 Å². The summed E-state index contributed by atoms with van der Waals surface area (Å²) >= 11 is 0. The number of hydrogen-bond donors (Lipinski definition) is 1. The summed E-state index contributed by atoms with van der Waals surface area (Å²) in [5.41, 5.74) is 2.18. The molecule has 0 radical (unpaired) electrons. The van der Waals surface area contributed by atoms with Crippen LogP contribution < -0.4 is 10.1 Å². The summed E-state index contributed by atoms with van der Waals surface area (Å²) < 4.78 is 13.3. The monoisotopic (exact) mass is 356 g/mol. The first-order chi connectivity index (χ1) is 12.7. The quantitative estimate of drug-likeness (QED) is 0.914. The number of aryl methyl sites for hydroxylation is 1. The van der Waals surface area contributed by atoms with Crippen LogP contribution in [0.3, 0.4) is 0 Å². The van der Waals surface area contributed by atoms with Gasteiger partial charge in [0.15, 0.2) is 0 Å². The Kier molecular flexibility index (Phi) is 4.79. The minimum atomic E-state index is -0.119. The number of rotatable bonds is 3. The van der Waals surface area contributed by atoms with Crippen molar-refractivity contribution in [2.24, 2.45) is 7.05 Å². The molecule has 0 bridgehead atoms. The van der Waals surface area contributed by atoms with Crippen LogP contribution in [-0.4, -0.2) is 53.6 Å². The summed E-state index contributed by atoms with van der Waals surface area (Å²) in [4.78, 5) is 14.5. The lowest BCUT2D eigenvalue weighted by Gasteiger charge is -2.33. The van der Waals surface area contributed by atoms with Crippen molar-refractivity contribution in [3.05, 3.63) is 47.8 Å². The predicted octanol–water partition coefficient (Wildman–Crippen LogP) is 2.07. The van der Waals surface area contributed by atoms with Gasteiger partial charge in [-0.1, -0.05) is 18.2 Å². The van der Waals surface area contributed by atoms with Gasteiger partial charge in [-0.3, -0.25) is 4.68 Å². The highest BCUT2D eigenvalue weighted by molar-refractivity contribution is 5.74. The SMILES string of the molecule is Cn1cc(C2CN(C(=O)NCC3CCOc4ccccc43)CCO2)cn1. The van der Waals surface area contributed by atoms with Gasteiger partial charge in [0.25, 0.3) is 0 Å². The number of morpholine rings is 1. The van der Waals surface area contributed by atoms with Crippen LogP contribution in [0.4, 0.5) is 4.79 Å². The van der Waals surface area contributed by atoms with Gasteiger partial charge in [0.05, 0.1) is 26.0 Å². The summed E-state index contributed by atoms with van der Waals surface area (Å²) in [5.74, 6) is 1.22. The molecule has 0 aliphatic carbocycles. The van der Waals surface area contributed by atoms with Crippen molar-refractivity contribution < 1.29 is 14.3 Å². The van der Waals surface area contributed by atoms with E-state index in [1.54, 1.807) is 10.9 Å². The maximum absolute atomic E-state index is 12.6. The average Bonchev–Trinajstić information content (AvgIpc) is 3.12. The van der Waals surface area contributed by atoms with Crippen LogP contribution in [-0.2, 0) is 11.8 Å². The molecule has 138 valence electrons. The van der Waals surface area contributed by atoms with Crippen molar-refractivity contribution in [2.75, 3.05) is 32.8 Å². The van der Waals surface area contributed by atoms with Crippen LogP contribution in [0.2, 0.25) is 0 Å². The number of fused-ring (bicyclic) bond motifs is 1. The Bertz CT molecular complexity index is 776. The first kappa shape index (κ1) is 16.9. The Labute approximate surface area is 152 Å². The molecule has 1 N–H and O–H groups in total. The van der Waals surface area contributed by atoms with Crippen molar-refractivity contribution in [3.63, 3.8) is 0 Å². The van der Waals surface area contributed by atoms with Gasteiger partial charge in [0.2, 0.25) is 0 Å². The predicted molar refractivity (Wildman–Crippen MR) is 96.2 cm³/mol. The molecule has 3 heterocycles. The van der Waals surface area contributed by atoms with Gasteiger partial charge < -0.3 is 19.7 Å². The van der Waals surface area contributed by atoms with Crippen LogP contribution in [0.25, 0.3) is 0 Å². The van der Waals surface area contributed by atoms with Crippen LogP contribution in [0.1, 0.15) is 29.6 Å². The molecule has 2 atom stereocenters. The third kappa shape index (κ3) is 3.53. The normalized spacial score (nSPS) is 22.4. The Balaban J connectivity index is 1.35. The van der Waals surface area contributed by atoms with E-state index in [1.807, 2.05) is 36.3 Å². The molecule has 2 amide bonds. The standard InChI is InChI=1S/C19H24N4O3/c1-22-12-15(11-21-22)18-13-23(7-9-26-18)19(24)20-10-14-6-8-25-17-5-3-2-4-16(14)17/h2-5,11-12,14,18H,6-10,13H2,1H3,(H,20,24). The maximum atomic E-state index is 12.6. The van der Waals surface area contributed by atoms with Crippen molar-refractivity contribution >= 4 is 6.03 Å². The third-order valence-electron chi connectivity index (χ3n) is 5.03. The number of urea groups is 1. The second-order valence-electron chi connectivity index (χ2n) is 6.81. The third-order valence-corrected chi connectivity index (χ3v) is 5.03. The molecule has 26 heavy (non-hydrogen) atoms. The first-order valence-electron chi connectivity index (χ1n) is 9.05. The molecule has 2 unspecified atom stereocenters. The molecule has 1 fully saturated rings. The molecule has 1 saturated heterocycles. The first-order valence-corrected chi connectivity index (χ1v) is 9.05. The summed E-state index contributed by atoms with van der Waals surface area (Å²) in [5, 5.41) is 7.28. The van der Waals surface area contributed by atoms with Gasteiger partial charge in [-0.25, -0.2) is 4.79 Å². The smallest absolute Gasteiger partial charge is 0.317 e. The number of aromatic nitrogens is 2. The number of amides is 2. The number of carbonyl (C=O) groups is 1. The highest BCUT2D eigenvalue weighted by Crippen LogP contribution is 2.32. The van der Waals surface area contributed by atoms with E-state index in [4.69, 9.17) is 9.47 Å². The van der Waals surface area contributed by atoms with Crippen molar-refractivity contribution in [3.8, 4) is 5.75 Å². The minimum absolute atomic E-state index is 0.0360. The van der Waals surface area contributed by atoms with Gasteiger partial charge in [-0.05, 0) is 18.1 Å². The van der Waals surface area contributed by atoms with Gasteiger partial charge in [-0.15, -0.1) is 0 Å². The highest BCUT2D eigenvalue weighted by atomic mass is 16.5. The second-order valence-corrected chi connectivity index (χ2v) is 6.81. The van der Waals surface area contributed by atoms with Gasteiger partial charge >= 0.3 is 6.03 Å². The van der Waals surface area contributed by atoms with E-state index < -0.39 is 0 Å². The fourth-order valence-electron chi connectivity index (χ4n) is 3.59. The molecule has 7 nitrogen and oxygen atoms in total. The Hall–Kier alpha value is -2.54. The Morgan fingerprint density at radius 2 is 2.23 bits per heavy atom. The van der Waals surface area contributed by atoms with E-state index in [2.05, 4.69) is 16.5 Å². The van der Waals surface area contributed by atoms with E-state index in [-0.39, 0.29) is 12.1 Å². The summed E-state index contributed by atoms with van der Waals surface area (Å²) in [7, 11) is 1.88.